The molecule has 1 aliphatic rings. The largest absolute Gasteiger partial charge is 0.490 e. The molecule has 0 saturated heterocycles. The van der Waals surface area contributed by atoms with Gasteiger partial charge in [-0.1, -0.05) is 37.6 Å². The summed E-state index contributed by atoms with van der Waals surface area (Å²) in [4.78, 5) is 0. The predicted molar refractivity (Wildman–Crippen MR) is 69.3 cm³/mol. The molecule has 92 valence electrons. The lowest BCUT2D eigenvalue weighted by Gasteiger charge is -2.27. The Morgan fingerprint density at radius 2 is 1.94 bits per heavy atom. The third kappa shape index (κ3) is 3.10. The predicted octanol–water partition coefficient (Wildman–Crippen LogP) is 3.27. The smallest absolute Gasteiger partial charge is 0.119 e. The Hall–Kier alpha value is -1.28. The van der Waals surface area contributed by atoms with Crippen molar-refractivity contribution in [2.45, 2.75) is 37.7 Å². The van der Waals surface area contributed by atoms with E-state index in [0.29, 0.717) is 12.5 Å². The number of aliphatic hydroxyl groups is 1. The highest BCUT2D eigenvalue weighted by atomic mass is 16.5. The maximum absolute atomic E-state index is 9.99. The number of hydrogen-bond donors (Lipinski definition) is 1. The van der Waals surface area contributed by atoms with E-state index in [1.54, 1.807) is 6.08 Å². The molecule has 1 aliphatic carbocycles. The first kappa shape index (κ1) is 12.2. The van der Waals surface area contributed by atoms with Crippen molar-refractivity contribution >= 4 is 0 Å². The number of ether oxygens (including phenoxy) is 1. The molecule has 0 bridgehead atoms. The summed E-state index contributed by atoms with van der Waals surface area (Å²) in [6, 6.07) is 8.08. The third-order valence-electron chi connectivity index (χ3n) is 3.41. The average molecular weight is 232 g/mol. The summed E-state index contributed by atoms with van der Waals surface area (Å²) in [5.74, 6) is 1.16. The van der Waals surface area contributed by atoms with Gasteiger partial charge in [-0.25, -0.2) is 0 Å². The fourth-order valence-corrected chi connectivity index (χ4v) is 2.47. The van der Waals surface area contributed by atoms with Gasteiger partial charge in [-0.3, -0.25) is 0 Å². The van der Waals surface area contributed by atoms with Crippen LogP contribution < -0.4 is 4.74 Å². The van der Waals surface area contributed by atoms with Crippen molar-refractivity contribution in [1.29, 1.82) is 0 Å². The molecule has 17 heavy (non-hydrogen) atoms. The maximum atomic E-state index is 9.99. The highest BCUT2D eigenvalue weighted by molar-refractivity contribution is 5.30. The molecule has 0 aromatic heterocycles. The molecule has 0 heterocycles. The van der Waals surface area contributed by atoms with E-state index >= 15 is 0 Å². The van der Waals surface area contributed by atoms with Crippen molar-refractivity contribution in [3.63, 3.8) is 0 Å². The first-order valence-electron chi connectivity index (χ1n) is 6.33. The molecule has 2 heteroatoms. The van der Waals surface area contributed by atoms with Gasteiger partial charge in [-0.2, -0.15) is 0 Å². The molecule has 2 nitrogen and oxygen atoms in total. The Morgan fingerprint density at radius 1 is 1.24 bits per heavy atom. The van der Waals surface area contributed by atoms with Crippen LogP contribution in [0.1, 0.15) is 37.2 Å². The lowest BCUT2D eigenvalue weighted by atomic mass is 9.82. The zero-order chi connectivity index (χ0) is 12.1. The minimum atomic E-state index is -0.177. The molecule has 0 aliphatic heterocycles. The van der Waals surface area contributed by atoms with Crippen molar-refractivity contribution in [1.82, 2.24) is 0 Å². The summed E-state index contributed by atoms with van der Waals surface area (Å²) >= 11 is 0. The van der Waals surface area contributed by atoms with Gasteiger partial charge in [0, 0.05) is 5.92 Å². The summed E-state index contributed by atoms with van der Waals surface area (Å²) in [5, 5.41) is 9.99. The van der Waals surface area contributed by atoms with Gasteiger partial charge >= 0.3 is 0 Å². The molecular formula is C15H20O2. The van der Waals surface area contributed by atoms with Crippen LogP contribution in [-0.4, -0.2) is 17.8 Å². The normalized spacial score (nSPS) is 24.3. The van der Waals surface area contributed by atoms with Crippen molar-refractivity contribution < 1.29 is 9.84 Å². The van der Waals surface area contributed by atoms with Crippen molar-refractivity contribution in [2.75, 3.05) is 6.61 Å². The van der Waals surface area contributed by atoms with E-state index in [2.05, 4.69) is 18.7 Å². The van der Waals surface area contributed by atoms with Gasteiger partial charge < -0.3 is 9.84 Å². The van der Waals surface area contributed by atoms with E-state index in [1.807, 2.05) is 12.1 Å². The van der Waals surface area contributed by atoms with E-state index in [1.165, 1.54) is 12.0 Å². The van der Waals surface area contributed by atoms with Crippen LogP contribution in [0.2, 0.25) is 0 Å². The number of benzene rings is 1. The minimum absolute atomic E-state index is 0.177. The van der Waals surface area contributed by atoms with Crippen LogP contribution in [0.3, 0.4) is 0 Å². The van der Waals surface area contributed by atoms with E-state index in [9.17, 15) is 5.11 Å². The summed E-state index contributed by atoms with van der Waals surface area (Å²) in [7, 11) is 0. The highest BCUT2D eigenvalue weighted by Gasteiger charge is 2.24. The average Bonchev–Trinajstić information content (AvgIpc) is 2.38. The molecule has 2 atom stereocenters. The van der Waals surface area contributed by atoms with E-state index < -0.39 is 0 Å². The first-order valence-corrected chi connectivity index (χ1v) is 6.33. The summed E-state index contributed by atoms with van der Waals surface area (Å²) in [5.41, 5.74) is 1.23. The zero-order valence-electron chi connectivity index (χ0n) is 10.1. The molecule has 1 N–H and O–H groups in total. The molecule has 1 saturated carbocycles. The molecule has 1 fully saturated rings. The molecule has 0 amide bonds. The summed E-state index contributed by atoms with van der Waals surface area (Å²) < 4.78 is 5.44. The van der Waals surface area contributed by atoms with Gasteiger partial charge in [0.2, 0.25) is 0 Å². The van der Waals surface area contributed by atoms with Gasteiger partial charge in [-0.15, -0.1) is 0 Å². The van der Waals surface area contributed by atoms with Crippen LogP contribution in [0.25, 0.3) is 0 Å². The van der Waals surface area contributed by atoms with Crippen molar-refractivity contribution in [2.24, 2.45) is 0 Å². The van der Waals surface area contributed by atoms with Crippen molar-refractivity contribution in [3.05, 3.63) is 42.5 Å². The van der Waals surface area contributed by atoms with Gasteiger partial charge in [-0.05, 0) is 30.5 Å². The molecule has 1 aromatic carbocycles. The fourth-order valence-electron chi connectivity index (χ4n) is 2.47. The number of aliphatic hydroxyl groups excluding tert-OH is 1. The Labute approximate surface area is 103 Å². The quantitative estimate of drug-likeness (QED) is 0.807. The molecule has 0 radical (unpaired) electrons. The third-order valence-corrected chi connectivity index (χ3v) is 3.41. The molecular weight excluding hydrogens is 212 g/mol. The Morgan fingerprint density at radius 3 is 2.59 bits per heavy atom. The van der Waals surface area contributed by atoms with E-state index in [-0.39, 0.29) is 6.10 Å². The van der Waals surface area contributed by atoms with E-state index in [0.717, 1.165) is 25.0 Å². The van der Waals surface area contributed by atoms with Gasteiger partial charge in [0.25, 0.3) is 0 Å². The molecule has 1 aromatic rings. The van der Waals surface area contributed by atoms with Crippen LogP contribution in [0.5, 0.6) is 5.75 Å². The minimum Gasteiger partial charge on any atom is -0.490 e. The Balaban J connectivity index is 2.03. The number of hydrogen-bond acceptors (Lipinski definition) is 2. The lowest BCUT2D eigenvalue weighted by molar-refractivity contribution is 0.106. The lowest BCUT2D eigenvalue weighted by Crippen LogP contribution is -2.22. The Kier molecular flexibility index (Phi) is 4.21. The second-order valence-electron chi connectivity index (χ2n) is 4.63. The van der Waals surface area contributed by atoms with Crippen LogP contribution >= 0.6 is 0 Å². The molecule has 0 spiro atoms. The SMILES string of the molecule is C=CCOc1ccc([C@H]2CCCC[C@@H]2O)cc1. The van der Waals surface area contributed by atoms with Crippen LogP contribution in [0.15, 0.2) is 36.9 Å². The monoisotopic (exact) mass is 232 g/mol. The Bertz CT molecular complexity index is 356. The summed E-state index contributed by atoms with van der Waals surface area (Å²) in [6.45, 7) is 4.15. The fraction of sp³-hybridized carbons (Fsp3) is 0.467. The highest BCUT2D eigenvalue weighted by Crippen LogP contribution is 2.33. The topological polar surface area (TPSA) is 29.5 Å². The standard InChI is InChI=1S/C15H20O2/c1-2-11-17-13-9-7-12(8-10-13)14-5-3-4-6-15(14)16/h2,7-10,14-16H,1,3-6,11H2/t14-,15+/m1/s1. The van der Waals surface area contributed by atoms with Gasteiger partial charge in [0.1, 0.15) is 12.4 Å². The first-order chi connectivity index (χ1) is 8.31. The zero-order valence-corrected chi connectivity index (χ0v) is 10.1. The second kappa shape index (κ2) is 5.87. The second-order valence-corrected chi connectivity index (χ2v) is 4.63. The molecule has 2 rings (SSSR count). The van der Waals surface area contributed by atoms with Gasteiger partial charge in [0.15, 0.2) is 0 Å². The summed E-state index contributed by atoms with van der Waals surface area (Å²) in [6.07, 6.45) is 5.95. The van der Waals surface area contributed by atoms with Crippen LogP contribution in [0.4, 0.5) is 0 Å². The number of rotatable bonds is 4. The van der Waals surface area contributed by atoms with Crippen LogP contribution in [-0.2, 0) is 0 Å². The van der Waals surface area contributed by atoms with Crippen LogP contribution in [0, 0.1) is 0 Å². The van der Waals surface area contributed by atoms with Gasteiger partial charge in [0.05, 0.1) is 6.10 Å². The maximum Gasteiger partial charge on any atom is 0.119 e. The van der Waals surface area contributed by atoms with E-state index in [4.69, 9.17) is 4.74 Å². The molecule has 0 unspecified atom stereocenters. The van der Waals surface area contributed by atoms with Crippen molar-refractivity contribution in [3.8, 4) is 5.75 Å².